The highest BCUT2D eigenvalue weighted by molar-refractivity contribution is 9.11. The number of anilines is 1. The van der Waals surface area contributed by atoms with Crippen molar-refractivity contribution in [2.75, 3.05) is 4.72 Å². The number of halogens is 2. The van der Waals surface area contributed by atoms with Gasteiger partial charge >= 0.3 is 0 Å². The predicted molar refractivity (Wildman–Crippen MR) is 83.8 cm³/mol. The first-order valence-electron chi connectivity index (χ1n) is 5.40. The Morgan fingerprint density at radius 1 is 1.10 bits per heavy atom. The Hall–Kier alpha value is -1.36. The summed E-state index contributed by atoms with van der Waals surface area (Å²) in [5.74, 6) is 0. The van der Waals surface area contributed by atoms with Gasteiger partial charge in [-0.25, -0.2) is 8.42 Å². The first kappa shape index (κ1) is 15.0. The largest absolute Gasteiger partial charge is 0.280 e. The van der Waals surface area contributed by atoms with Gasteiger partial charge in [-0.2, -0.15) is 5.26 Å². The number of rotatable bonds is 3. The summed E-state index contributed by atoms with van der Waals surface area (Å²) in [5, 5.41) is 8.82. The lowest BCUT2D eigenvalue weighted by Gasteiger charge is -2.10. The van der Waals surface area contributed by atoms with Crippen LogP contribution >= 0.6 is 31.9 Å². The second kappa shape index (κ2) is 5.95. The maximum absolute atomic E-state index is 12.3. The van der Waals surface area contributed by atoms with Crippen LogP contribution in [0.25, 0.3) is 0 Å². The van der Waals surface area contributed by atoms with Gasteiger partial charge in [-0.05, 0) is 52.3 Å². The second-order valence-corrected chi connectivity index (χ2v) is 7.29. The zero-order valence-corrected chi connectivity index (χ0v) is 14.0. The maximum Gasteiger partial charge on any atom is 0.263 e. The van der Waals surface area contributed by atoms with Gasteiger partial charge in [-0.3, -0.25) is 4.72 Å². The minimum Gasteiger partial charge on any atom is -0.280 e. The summed E-state index contributed by atoms with van der Waals surface area (Å²) < 4.78 is 28.2. The van der Waals surface area contributed by atoms with Crippen molar-refractivity contribution < 1.29 is 8.42 Å². The third-order valence-electron chi connectivity index (χ3n) is 2.43. The van der Waals surface area contributed by atoms with Crippen molar-refractivity contribution in [3.05, 3.63) is 57.0 Å². The van der Waals surface area contributed by atoms with E-state index in [1.165, 1.54) is 12.1 Å². The summed E-state index contributed by atoms with van der Waals surface area (Å²) in [7, 11) is -3.73. The highest BCUT2D eigenvalue weighted by atomic mass is 79.9. The van der Waals surface area contributed by atoms with Gasteiger partial charge in [0, 0.05) is 8.95 Å². The van der Waals surface area contributed by atoms with Gasteiger partial charge in [0.05, 0.1) is 17.3 Å². The molecule has 7 heteroatoms. The summed E-state index contributed by atoms with van der Waals surface area (Å²) in [6, 6.07) is 13.1. The van der Waals surface area contributed by atoms with E-state index in [1.54, 1.807) is 30.3 Å². The molecule has 0 aliphatic carbocycles. The number of hydrogen-bond donors (Lipinski definition) is 1. The number of sulfonamides is 1. The lowest BCUT2D eigenvalue weighted by atomic mass is 10.2. The molecule has 0 amide bonds. The second-order valence-electron chi connectivity index (χ2n) is 3.87. The number of benzene rings is 2. The number of nitriles is 1. The first-order valence-corrected chi connectivity index (χ1v) is 8.47. The van der Waals surface area contributed by atoms with E-state index in [4.69, 9.17) is 5.26 Å². The Morgan fingerprint density at radius 2 is 1.85 bits per heavy atom. The Kier molecular flexibility index (Phi) is 4.48. The molecular formula is C13H8Br2N2O2S. The van der Waals surface area contributed by atoms with Crippen LogP contribution in [0.15, 0.2) is 56.3 Å². The van der Waals surface area contributed by atoms with Gasteiger partial charge in [-0.15, -0.1) is 0 Å². The van der Waals surface area contributed by atoms with E-state index < -0.39 is 10.0 Å². The molecule has 0 saturated heterocycles. The Morgan fingerprint density at radius 3 is 2.55 bits per heavy atom. The summed E-state index contributed by atoms with van der Waals surface area (Å²) in [6.07, 6.45) is 0. The molecule has 0 bridgehead atoms. The van der Waals surface area contributed by atoms with E-state index in [0.29, 0.717) is 20.2 Å². The van der Waals surface area contributed by atoms with Crippen molar-refractivity contribution in [2.24, 2.45) is 0 Å². The molecule has 4 nitrogen and oxygen atoms in total. The Bertz CT molecular complexity index is 798. The van der Waals surface area contributed by atoms with Crippen LogP contribution in [0, 0.1) is 11.3 Å². The fourth-order valence-electron chi connectivity index (χ4n) is 1.55. The normalized spacial score (nSPS) is 10.8. The van der Waals surface area contributed by atoms with E-state index in [-0.39, 0.29) is 4.90 Å². The van der Waals surface area contributed by atoms with Crippen LogP contribution in [0.1, 0.15) is 5.56 Å². The molecule has 102 valence electrons. The molecule has 0 aliphatic heterocycles. The highest BCUT2D eigenvalue weighted by Gasteiger charge is 2.18. The number of hydrogen-bond acceptors (Lipinski definition) is 3. The minimum absolute atomic E-state index is 0.120. The van der Waals surface area contributed by atoms with Crippen molar-refractivity contribution in [1.29, 1.82) is 5.26 Å². The van der Waals surface area contributed by atoms with Gasteiger partial charge in [0.1, 0.15) is 4.90 Å². The van der Waals surface area contributed by atoms with Crippen molar-refractivity contribution >= 4 is 47.6 Å². The molecule has 2 aromatic rings. The lowest BCUT2D eigenvalue weighted by molar-refractivity contribution is 0.600. The van der Waals surface area contributed by atoms with E-state index >= 15 is 0 Å². The maximum atomic E-state index is 12.3. The molecule has 1 N–H and O–H groups in total. The van der Waals surface area contributed by atoms with Crippen LogP contribution in [0.3, 0.4) is 0 Å². The van der Waals surface area contributed by atoms with Crippen LogP contribution in [0.5, 0.6) is 0 Å². The van der Waals surface area contributed by atoms with E-state index in [0.717, 1.165) is 0 Å². The lowest BCUT2D eigenvalue weighted by Crippen LogP contribution is -2.13. The topological polar surface area (TPSA) is 70.0 Å². The average molecular weight is 416 g/mol. The molecule has 0 fully saturated rings. The van der Waals surface area contributed by atoms with Gasteiger partial charge in [0.2, 0.25) is 0 Å². The molecule has 0 radical (unpaired) electrons. The van der Waals surface area contributed by atoms with Gasteiger partial charge < -0.3 is 0 Å². The molecular weight excluding hydrogens is 408 g/mol. The monoisotopic (exact) mass is 414 g/mol. The smallest absolute Gasteiger partial charge is 0.263 e. The van der Waals surface area contributed by atoms with Crippen LogP contribution < -0.4 is 4.72 Å². The predicted octanol–water partition coefficient (Wildman–Crippen LogP) is 3.88. The van der Waals surface area contributed by atoms with Crippen LogP contribution in [0.4, 0.5) is 5.69 Å². The fraction of sp³-hybridized carbons (Fsp3) is 0. The molecule has 0 unspecified atom stereocenters. The van der Waals surface area contributed by atoms with Crippen LogP contribution in [-0.4, -0.2) is 8.42 Å². The zero-order valence-electron chi connectivity index (χ0n) is 9.97. The molecule has 0 atom stereocenters. The zero-order chi connectivity index (χ0) is 14.8. The molecule has 2 aromatic carbocycles. The van der Waals surface area contributed by atoms with E-state index in [1.807, 2.05) is 6.07 Å². The fourth-order valence-corrected chi connectivity index (χ4v) is 4.10. The van der Waals surface area contributed by atoms with Crippen molar-refractivity contribution in [3.8, 4) is 6.07 Å². The van der Waals surface area contributed by atoms with Crippen molar-refractivity contribution in [1.82, 2.24) is 0 Å². The molecule has 20 heavy (non-hydrogen) atoms. The Balaban J connectivity index is 2.41. The van der Waals surface area contributed by atoms with E-state index in [9.17, 15) is 8.42 Å². The quantitative estimate of drug-likeness (QED) is 0.826. The summed E-state index contributed by atoms with van der Waals surface area (Å²) in [4.78, 5) is 0.120. The van der Waals surface area contributed by atoms with Crippen LogP contribution in [-0.2, 0) is 10.0 Å². The van der Waals surface area contributed by atoms with Crippen LogP contribution in [0.2, 0.25) is 0 Å². The number of nitrogens with one attached hydrogen (secondary N) is 1. The summed E-state index contributed by atoms with van der Waals surface area (Å²) >= 11 is 6.46. The summed E-state index contributed by atoms with van der Waals surface area (Å²) in [5.41, 5.74) is 0.731. The SMILES string of the molecule is N#Cc1cccc(NS(=O)(=O)c2cc(Br)ccc2Br)c1. The standard InChI is InChI=1S/C13H8Br2N2O2S/c14-10-4-5-12(15)13(7-10)20(18,19)17-11-3-1-2-9(6-11)8-16/h1-7,17H. The number of nitrogens with zero attached hydrogens (tertiary/aromatic N) is 1. The first-order chi connectivity index (χ1) is 9.42. The van der Waals surface area contributed by atoms with Gasteiger partial charge in [-0.1, -0.05) is 22.0 Å². The third kappa shape index (κ3) is 3.39. The minimum atomic E-state index is -3.73. The Labute approximate surface area is 133 Å². The average Bonchev–Trinajstić information content (AvgIpc) is 2.41. The van der Waals surface area contributed by atoms with Gasteiger partial charge in [0.25, 0.3) is 10.0 Å². The highest BCUT2D eigenvalue weighted by Crippen LogP contribution is 2.27. The molecule has 0 heterocycles. The molecule has 0 aliphatic rings. The molecule has 2 rings (SSSR count). The molecule has 0 aromatic heterocycles. The van der Waals surface area contributed by atoms with Crippen molar-refractivity contribution in [2.45, 2.75) is 4.90 Å². The third-order valence-corrected chi connectivity index (χ3v) is 5.30. The van der Waals surface area contributed by atoms with Gasteiger partial charge in [0.15, 0.2) is 0 Å². The summed E-state index contributed by atoms with van der Waals surface area (Å²) in [6.45, 7) is 0. The van der Waals surface area contributed by atoms with Crippen molar-refractivity contribution in [3.63, 3.8) is 0 Å². The molecule has 0 saturated carbocycles. The van der Waals surface area contributed by atoms with E-state index in [2.05, 4.69) is 36.6 Å². The molecule has 0 spiro atoms.